The Balaban J connectivity index is 1.40. The summed E-state index contributed by atoms with van der Waals surface area (Å²) in [5.74, 6) is 1.58. The van der Waals surface area contributed by atoms with Gasteiger partial charge in [0.25, 0.3) is 0 Å². The van der Waals surface area contributed by atoms with Crippen LogP contribution in [-0.2, 0) is 20.9 Å². The Labute approximate surface area is 190 Å². The maximum absolute atomic E-state index is 13.8. The topological polar surface area (TPSA) is 94.3 Å². The van der Waals surface area contributed by atoms with Gasteiger partial charge in [0, 0.05) is 31.1 Å². The molecule has 0 saturated heterocycles. The highest BCUT2D eigenvalue weighted by Gasteiger charge is 2.64. The Hall–Kier alpha value is -1.60. The molecule has 176 valence electrons. The molecule has 0 spiro atoms. The first-order valence-electron chi connectivity index (χ1n) is 12.5. The fourth-order valence-corrected chi connectivity index (χ4v) is 8.57. The molecule has 5 rings (SSSR count). The second kappa shape index (κ2) is 8.01. The largest absolute Gasteiger partial charge is 0.390 e. The van der Waals surface area contributed by atoms with Crippen molar-refractivity contribution in [3.63, 3.8) is 0 Å². The van der Waals surface area contributed by atoms with Gasteiger partial charge in [-0.25, -0.2) is 4.68 Å². The molecule has 7 nitrogen and oxygen atoms in total. The molecule has 4 saturated carbocycles. The maximum atomic E-state index is 13.8. The van der Waals surface area contributed by atoms with E-state index < -0.39 is 6.10 Å². The number of carbonyl (C=O) groups excluding carboxylic acids is 2. The van der Waals surface area contributed by atoms with E-state index in [9.17, 15) is 14.7 Å². The minimum atomic E-state index is -0.432. The fourth-order valence-electron chi connectivity index (χ4n) is 8.57. The summed E-state index contributed by atoms with van der Waals surface area (Å²) in [7, 11) is 0. The average Bonchev–Trinajstić information content (AvgIpc) is 3.35. The lowest BCUT2D eigenvalue weighted by atomic mass is 9.44. The zero-order valence-corrected chi connectivity index (χ0v) is 19.6. The van der Waals surface area contributed by atoms with Gasteiger partial charge >= 0.3 is 0 Å². The minimum Gasteiger partial charge on any atom is -0.390 e. The number of rotatable bonds is 5. The molecule has 9 atom stereocenters. The van der Waals surface area contributed by atoms with E-state index in [0.29, 0.717) is 36.6 Å². The highest BCUT2D eigenvalue weighted by atomic mass is 16.5. The van der Waals surface area contributed by atoms with Crippen molar-refractivity contribution in [2.24, 2.45) is 40.4 Å². The highest BCUT2D eigenvalue weighted by Crippen LogP contribution is 2.66. The number of fused-ring (bicyclic) bond motifs is 5. The van der Waals surface area contributed by atoms with Gasteiger partial charge in [0.2, 0.25) is 0 Å². The second-order valence-electron chi connectivity index (χ2n) is 11.4. The van der Waals surface area contributed by atoms with Crippen LogP contribution in [0.5, 0.6) is 0 Å². The van der Waals surface area contributed by atoms with Crippen molar-refractivity contribution in [2.75, 3.05) is 6.61 Å². The summed E-state index contributed by atoms with van der Waals surface area (Å²) >= 11 is 0. The minimum absolute atomic E-state index is 0.0268. The smallest absolute Gasteiger partial charge is 0.157 e. The van der Waals surface area contributed by atoms with E-state index in [0.717, 1.165) is 38.5 Å². The van der Waals surface area contributed by atoms with Gasteiger partial charge < -0.3 is 9.84 Å². The van der Waals surface area contributed by atoms with E-state index in [1.165, 1.54) is 0 Å². The van der Waals surface area contributed by atoms with Crippen LogP contribution in [0.2, 0.25) is 0 Å². The second-order valence-corrected chi connectivity index (χ2v) is 11.4. The SMILES string of the molecule is CCO[C@H]1C[C@@]2(C)[C@@H](CC[C@H]3[C@@H]4CC[C@H](C(=O)Cn5ccnn5)C4(C)CC(=O)[C@@H]32)C[C@@H]1O. The summed E-state index contributed by atoms with van der Waals surface area (Å²) in [5.41, 5.74) is -0.379. The molecule has 4 aliphatic rings. The predicted octanol–water partition coefficient (Wildman–Crippen LogP) is 3.06. The van der Waals surface area contributed by atoms with Crippen molar-refractivity contribution in [3.8, 4) is 0 Å². The number of ether oxygens (including phenoxy) is 1. The molecular weight excluding hydrogens is 406 g/mol. The molecule has 0 bridgehead atoms. The van der Waals surface area contributed by atoms with Crippen LogP contribution >= 0.6 is 0 Å². The standard InChI is InChI=1S/C25H37N3O4/c1-4-32-22-13-24(2)15(11-19(22)29)5-6-16-17-7-8-18(21(31)14-28-10-9-26-27-28)25(17,3)12-20(30)23(16)24/h9-10,15-19,22-23,29H,4-8,11-14H2,1-3H3/t15-,16-,17-,18+,19-,22-,23+,24-,25?/m0/s1. The third-order valence-electron chi connectivity index (χ3n) is 9.90. The first-order valence-corrected chi connectivity index (χ1v) is 12.5. The van der Waals surface area contributed by atoms with E-state index in [1.54, 1.807) is 17.1 Å². The quantitative estimate of drug-likeness (QED) is 0.752. The van der Waals surface area contributed by atoms with Crippen LogP contribution in [0.4, 0.5) is 0 Å². The van der Waals surface area contributed by atoms with Crippen molar-refractivity contribution in [1.29, 1.82) is 0 Å². The highest BCUT2D eigenvalue weighted by molar-refractivity contribution is 5.87. The zero-order chi connectivity index (χ0) is 22.7. The number of hydrogen-bond acceptors (Lipinski definition) is 6. The lowest BCUT2D eigenvalue weighted by Gasteiger charge is -2.60. The number of ketones is 2. The molecule has 32 heavy (non-hydrogen) atoms. The fraction of sp³-hybridized carbons (Fsp3) is 0.840. The van der Waals surface area contributed by atoms with Crippen LogP contribution in [-0.4, -0.2) is 50.5 Å². The molecule has 0 amide bonds. The van der Waals surface area contributed by atoms with Crippen molar-refractivity contribution >= 4 is 11.6 Å². The van der Waals surface area contributed by atoms with Gasteiger partial charge in [-0.05, 0) is 74.0 Å². The van der Waals surface area contributed by atoms with E-state index in [-0.39, 0.29) is 41.1 Å². The maximum Gasteiger partial charge on any atom is 0.157 e. The van der Waals surface area contributed by atoms with Crippen molar-refractivity contribution in [3.05, 3.63) is 12.4 Å². The molecule has 1 N–H and O–H groups in total. The first kappa shape index (κ1) is 22.2. The van der Waals surface area contributed by atoms with E-state index in [4.69, 9.17) is 4.74 Å². The summed E-state index contributed by atoms with van der Waals surface area (Å²) in [6.45, 7) is 7.28. The molecule has 4 aliphatic carbocycles. The number of aliphatic hydroxyl groups is 1. The van der Waals surface area contributed by atoms with Crippen molar-refractivity contribution < 1.29 is 19.4 Å². The molecule has 0 aliphatic heterocycles. The molecule has 1 unspecified atom stereocenters. The average molecular weight is 444 g/mol. The van der Waals surface area contributed by atoms with Gasteiger partial charge in [-0.1, -0.05) is 19.1 Å². The van der Waals surface area contributed by atoms with Crippen LogP contribution in [0.3, 0.4) is 0 Å². The molecule has 1 heterocycles. The molecule has 1 aromatic heterocycles. The molecule has 0 radical (unpaired) electrons. The van der Waals surface area contributed by atoms with Crippen LogP contribution in [0.1, 0.15) is 65.7 Å². The van der Waals surface area contributed by atoms with Gasteiger partial charge in [0.05, 0.1) is 18.4 Å². The van der Waals surface area contributed by atoms with Crippen LogP contribution < -0.4 is 0 Å². The van der Waals surface area contributed by atoms with Gasteiger partial charge in [-0.15, -0.1) is 5.10 Å². The van der Waals surface area contributed by atoms with Crippen molar-refractivity contribution in [1.82, 2.24) is 15.0 Å². The normalized spacial score (nSPS) is 45.8. The van der Waals surface area contributed by atoms with Crippen molar-refractivity contribution in [2.45, 2.75) is 84.5 Å². The Morgan fingerprint density at radius 3 is 2.78 bits per heavy atom. The van der Waals surface area contributed by atoms with Gasteiger partial charge in [-0.3, -0.25) is 9.59 Å². The molecule has 4 fully saturated rings. The van der Waals surface area contributed by atoms with Crippen LogP contribution in [0.25, 0.3) is 0 Å². The monoisotopic (exact) mass is 443 g/mol. The third kappa shape index (κ3) is 3.30. The number of aromatic nitrogens is 3. The molecule has 7 heteroatoms. The molecule has 1 aromatic rings. The Morgan fingerprint density at radius 1 is 1.25 bits per heavy atom. The molecule has 0 aromatic carbocycles. The summed E-state index contributed by atoms with van der Waals surface area (Å²) in [4.78, 5) is 27.1. The lowest BCUT2D eigenvalue weighted by molar-refractivity contribution is -0.179. The summed E-state index contributed by atoms with van der Waals surface area (Å²) < 4.78 is 7.51. The molecular formula is C25H37N3O4. The van der Waals surface area contributed by atoms with Crippen LogP contribution in [0.15, 0.2) is 12.4 Å². The predicted molar refractivity (Wildman–Crippen MR) is 117 cm³/mol. The van der Waals surface area contributed by atoms with Gasteiger partial charge in [-0.2, -0.15) is 0 Å². The van der Waals surface area contributed by atoms with Gasteiger partial charge in [0.15, 0.2) is 5.78 Å². The summed E-state index contributed by atoms with van der Waals surface area (Å²) in [5, 5.41) is 18.4. The number of nitrogens with zero attached hydrogens (tertiary/aromatic N) is 3. The van der Waals surface area contributed by atoms with E-state index in [2.05, 4.69) is 24.2 Å². The Morgan fingerprint density at radius 2 is 2.06 bits per heavy atom. The Kier molecular flexibility index (Phi) is 5.56. The van der Waals surface area contributed by atoms with E-state index >= 15 is 0 Å². The third-order valence-corrected chi connectivity index (χ3v) is 9.90. The lowest BCUT2D eigenvalue weighted by Crippen LogP contribution is -2.60. The van der Waals surface area contributed by atoms with Crippen LogP contribution in [0, 0.1) is 40.4 Å². The summed E-state index contributed by atoms with van der Waals surface area (Å²) in [6.07, 6.45) is 8.69. The first-order chi connectivity index (χ1) is 15.3. The van der Waals surface area contributed by atoms with E-state index in [1.807, 2.05) is 6.92 Å². The number of aliphatic hydroxyl groups excluding tert-OH is 1. The number of hydrogen-bond donors (Lipinski definition) is 1. The van der Waals surface area contributed by atoms with Gasteiger partial charge in [0.1, 0.15) is 12.3 Å². The number of Topliss-reactive ketones (excluding diaryl/α,β-unsaturated/α-hetero) is 2. The zero-order valence-electron chi connectivity index (χ0n) is 19.6. The number of carbonyl (C=O) groups is 2. The summed E-state index contributed by atoms with van der Waals surface area (Å²) in [6, 6.07) is 0. The Bertz CT molecular complexity index is 873.